The quantitative estimate of drug-likeness (QED) is 0.205. The molecule has 7 nitrogen and oxygen atoms in total. The highest BCUT2D eigenvalue weighted by Gasteiger charge is 2.48. The number of benzene rings is 4. The number of anilines is 1. The van der Waals surface area contributed by atoms with E-state index in [1.165, 1.54) is 23.1 Å². The smallest absolute Gasteiger partial charge is 0.410 e. The third kappa shape index (κ3) is 6.37. The summed E-state index contributed by atoms with van der Waals surface area (Å²) < 4.78 is 48.1. The summed E-state index contributed by atoms with van der Waals surface area (Å²) in [5.74, 6) is -5.16. The van der Waals surface area contributed by atoms with Crippen LogP contribution in [0.3, 0.4) is 0 Å². The second-order valence-corrected chi connectivity index (χ2v) is 13.1. The van der Waals surface area contributed by atoms with Gasteiger partial charge in [0.15, 0.2) is 0 Å². The predicted octanol–water partition coefficient (Wildman–Crippen LogP) is 7.88. The minimum absolute atomic E-state index is 0.0448. The van der Waals surface area contributed by atoms with Crippen LogP contribution in [-0.4, -0.2) is 54.0 Å². The molecule has 0 aromatic heterocycles. The van der Waals surface area contributed by atoms with Crippen LogP contribution in [0.4, 0.5) is 23.7 Å². The van der Waals surface area contributed by atoms with E-state index in [4.69, 9.17) is 16.3 Å². The lowest BCUT2D eigenvalue weighted by Crippen LogP contribution is -2.56. The molecule has 252 valence electrons. The summed E-state index contributed by atoms with van der Waals surface area (Å²) in [5.41, 5.74) is 4.50. The van der Waals surface area contributed by atoms with E-state index >= 15 is 0 Å². The molecule has 4 aromatic carbocycles. The molecule has 0 radical (unpaired) electrons. The molecule has 2 atom stereocenters. The number of carbonyl (C=O) groups excluding carboxylic acids is 3. The van der Waals surface area contributed by atoms with Gasteiger partial charge >= 0.3 is 6.09 Å². The Hall–Kier alpha value is -4.83. The number of alkyl halides is 2. The van der Waals surface area contributed by atoms with Crippen molar-refractivity contribution in [2.24, 2.45) is 0 Å². The zero-order chi connectivity index (χ0) is 34.3. The maximum absolute atomic E-state index is 14.7. The zero-order valence-corrected chi connectivity index (χ0v) is 27.1. The van der Waals surface area contributed by atoms with Crippen molar-refractivity contribution in [2.75, 3.05) is 18.1 Å². The standard InChI is InChI=1S/C38H33ClF3N3O4/c39-32-16-6-5-15-30(32)34(35(46)43-24-20-38(41,42)21-24)45(25-10-7-9-23(40)19-25)36(47)33-17-8-18-44(33)37(48)49-22-31-28-13-3-1-11-26(28)27-12-2-4-14-29(27)31/h1-7,9-16,19,24,31,33-34H,8,17-18,20-22H2,(H,43,46)/t33-,34-/m0/s1. The summed E-state index contributed by atoms with van der Waals surface area (Å²) in [7, 11) is 0. The topological polar surface area (TPSA) is 79.0 Å². The van der Waals surface area contributed by atoms with Crippen molar-refractivity contribution in [3.63, 3.8) is 0 Å². The number of hydrogen-bond acceptors (Lipinski definition) is 4. The van der Waals surface area contributed by atoms with E-state index in [0.29, 0.717) is 6.42 Å². The van der Waals surface area contributed by atoms with Crippen molar-refractivity contribution < 1.29 is 32.3 Å². The molecule has 0 unspecified atom stereocenters. The normalized spacial score (nSPS) is 18.6. The van der Waals surface area contributed by atoms with Gasteiger partial charge in [-0.3, -0.25) is 19.4 Å². The first-order chi connectivity index (χ1) is 23.6. The Morgan fingerprint density at radius 3 is 2.22 bits per heavy atom. The molecule has 3 aliphatic rings. The number of hydrogen-bond donors (Lipinski definition) is 1. The molecule has 7 rings (SSSR count). The van der Waals surface area contributed by atoms with Crippen molar-refractivity contribution in [2.45, 2.75) is 55.6 Å². The van der Waals surface area contributed by atoms with Gasteiger partial charge in [0, 0.05) is 47.6 Å². The summed E-state index contributed by atoms with van der Waals surface area (Å²) in [4.78, 5) is 44.9. The number of nitrogens with one attached hydrogen (secondary N) is 1. The van der Waals surface area contributed by atoms with Crippen molar-refractivity contribution in [1.29, 1.82) is 0 Å². The maximum atomic E-state index is 14.7. The predicted molar refractivity (Wildman–Crippen MR) is 179 cm³/mol. The number of likely N-dealkylation sites (tertiary alicyclic amines) is 1. The highest BCUT2D eigenvalue weighted by molar-refractivity contribution is 6.31. The molecular weight excluding hydrogens is 655 g/mol. The average molecular weight is 688 g/mol. The largest absolute Gasteiger partial charge is 0.448 e. The number of carbonyl (C=O) groups is 3. The Labute approximate surface area is 286 Å². The van der Waals surface area contributed by atoms with Crippen LogP contribution in [0.2, 0.25) is 5.02 Å². The van der Waals surface area contributed by atoms with Gasteiger partial charge in [-0.15, -0.1) is 0 Å². The molecule has 11 heteroatoms. The highest BCUT2D eigenvalue weighted by Crippen LogP contribution is 2.45. The summed E-state index contributed by atoms with van der Waals surface area (Å²) in [6.45, 7) is 0.277. The molecule has 1 N–H and O–H groups in total. The number of rotatable bonds is 8. The van der Waals surface area contributed by atoms with Crippen LogP contribution in [0.25, 0.3) is 11.1 Å². The van der Waals surface area contributed by atoms with Crippen LogP contribution in [0, 0.1) is 5.82 Å². The molecule has 1 saturated heterocycles. The number of fused-ring (bicyclic) bond motifs is 3. The molecule has 4 aromatic rings. The Balaban J connectivity index is 1.18. The molecule has 2 fully saturated rings. The first kappa shape index (κ1) is 32.7. The third-order valence-electron chi connectivity index (χ3n) is 9.58. The fraction of sp³-hybridized carbons (Fsp3) is 0.289. The van der Waals surface area contributed by atoms with E-state index in [9.17, 15) is 27.6 Å². The summed E-state index contributed by atoms with van der Waals surface area (Å²) in [6.07, 6.45) is -1.02. The van der Waals surface area contributed by atoms with Gasteiger partial charge < -0.3 is 10.1 Å². The van der Waals surface area contributed by atoms with Crippen LogP contribution in [0.1, 0.15) is 54.3 Å². The lowest BCUT2D eigenvalue weighted by Gasteiger charge is -2.39. The lowest BCUT2D eigenvalue weighted by atomic mass is 9.87. The van der Waals surface area contributed by atoms with E-state index in [2.05, 4.69) is 5.32 Å². The Bertz CT molecular complexity index is 1870. The van der Waals surface area contributed by atoms with Gasteiger partial charge in [0.1, 0.15) is 24.5 Å². The van der Waals surface area contributed by atoms with Gasteiger partial charge in [-0.25, -0.2) is 18.0 Å². The molecule has 0 bridgehead atoms. The van der Waals surface area contributed by atoms with Gasteiger partial charge in [0.05, 0.1) is 0 Å². The summed E-state index contributed by atoms with van der Waals surface area (Å²) >= 11 is 6.58. The second-order valence-electron chi connectivity index (χ2n) is 12.7. The van der Waals surface area contributed by atoms with Crippen LogP contribution in [-0.2, 0) is 14.3 Å². The van der Waals surface area contributed by atoms with E-state index in [1.807, 2.05) is 48.5 Å². The van der Waals surface area contributed by atoms with Gasteiger partial charge in [-0.2, -0.15) is 0 Å². The summed E-state index contributed by atoms with van der Waals surface area (Å²) in [5, 5.41) is 2.79. The number of nitrogens with zero attached hydrogens (tertiary/aromatic N) is 2. The van der Waals surface area contributed by atoms with Crippen molar-refractivity contribution in [3.05, 3.63) is 125 Å². The second kappa shape index (κ2) is 13.2. The molecule has 49 heavy (non-hydrogen) atoms. The molecule has 2 aliphatic carbocycles. The van der Waals surface area contributed by atoms with Gasteiger partial charge in [0.2, 0.25) is 5.91 Å². The van der Waals surface area contributed by atoms with E-state index in [1.54, 1.807) is 24.3 Å². The number of amides is 3. The molecule has 1 heterocycles. The van der Waals surface area contributed by atoms with E-state index < -0.39 is 60.6 Å². The Morgan fingerprint density at radius 1 is 0.918 bits per heavy atom. The van der Waals surface area contributed by atoms with Gasteiger partial charge in [-0.1, -0.05) is 84.4 Å². The van der Waals surface area contributed by atoms with E-state index in [0.717, 1.165) is 33.2 Å². The minimum Gasteiger partial charge on any atom is -0.448 e. The minimum atomic E-state index is -2.90. The van der Waals surface area contributed by atoms with Crippen molar-refractivity contribution >= 4 is 35.2 Å². The monoisotopic (exact) mass is 687 g/mol. The average Bonchev–Trinajstić information content (AvgIpc) is 3.69. The van der Waals surface area contributed by atoms with Crippen molar-refractivity contribution in [3.8, 4) is 11.1 Å². The third-order valence-corrected chi connectivity index (χ3v) is 9.92. The fourth-order valence-electron chi connectivity index (χ4n) is 7.25. The first-order valence-corrected chi connectivity index (χ1v) is 16.6. The highest BCUT2D eigenvalue weighted by atomic mass is 35.5. The van der Waals surface area contributed by atoms with Crippen LogP contribution < -0.4 is 10.2 Å². The van der Waals surface area contributed by atoms with E-state index in [-0.39, 0.29) is 41.8 Å². The Morgan fingerprint density at radius 2 is 1.57 bits per heavy atom. The Kier molecular flexibility index (Phi) is 8.83. The summed E-state index contributed by atoms with van der Waals surface area (Å²) in [6, 6.07) is 24.1. The molecule has 1 saturated carbocycles. The van der Waals surface area contributed by atoms with Crippen LogP contribution in [0.5, 0.6) is 0 Å². The fourth-order valence-corrected chi connectivity index (χ4v) is 7.49. The molecule has 0 spiro atoms. The molecule has 3 amide bonds. The SMILES string of the molecule is O=C(NC1CC(F)(F)C1)[C@H](c1ccccc1Cl)N(C(=O)[C@@H]1CCCN1C(=O)OCC1c2ccccc2-c2ccccc21)c1cccc(F)c1. The first-order valence-electron chi connectivity index (χ1n) is 16.2. The van der Waals surface area contributed by atoms with Crippen molar-refractivity contribution in [1.82, 2.24) is 10.2 Å². The number of halogens is 4. The van der Waals surface area contributed by atoms with Gasteiger partial charge in [-0.05, 0) is 59.4 Å². The maximum Gasteiger partial charge on any atom is 0.410 e. The zero-order valence-electron chi connectivity index (χ0n) is 26.3. The molecular formula is C38H33ClF3N3O4. The van der Waals surface area contributed by atoms with Gasteiger partial charge in [0.25, 0.3) is 11.8 Å². The number of ether oxygens (including phenoxy) is 1. The van der Waals surface area contributed by atoms with Crippen LogP contribution >= 0.6 is 11.6 Å². The van der Waals surface area contributed by atoms with Crippen LogP contribution in [0.15, 0.2) is 97.1 Å². The lowest BCUT2D eigenvalue weighted by molar-refractivity contribution is -0.133. The molecule has 1 aliphatic heterocycles.